The molecule has 1 aromatic carbocycles. The van der Waals surface area contributed by atoms with E-state index in [1.165, 1.54) is 12.0 Å². The fourth-order valence-electron chi connectivity index (χ4n) is 2.94. The molecule has 1 heterocycles. The number of benzene rings is 1. The molecule has 0 radical (unpaired) electrons. The average molecular weight is 333 g/mol. The molecule has 0 bridgehead atoms. The molecule has 0 saturated carbocycles. The Balaban J connectivity index is 2.15. The average Bonchev–Trinajstić information content (AvgIpc) is 2.61. The summed E-state index contributed by atoms with van der Waals surface area (Å²) < 4.78 is 10.1. The Hall–Kier alpha value is -2.34. The maximum atomic E-state index is 12.6. The fraction of sp³-hybridized carbons (Fsp3) is 0.444. The first kappa shape index (κ1) is 18.0. The molecule has 1 aliphatic heterocycles. The second kappa shape index (κ2) is 8.49. The monoisotopic (exact) mass is 333 g/mol. The Morgan fingerprint density at radius 1 is 1.33 bits per heavy atom. The first-order chi connectivity index (χ1) is 11.6. The summed E-state index contributed by atoms with van der Waals surface area (Å²) >= 11 is 0. The van der Waals surface area contributed by atoms with Crippen LogP contribution in [0.3, 0.4) is 0 Å². The van der Waals surface area contributed by atoms with Crippen LogP contribution < -0.4 is 0 Å². The lowest BCUT2D eigenvalue weighted by atomic mass is 9.91. The van der Waals surface area contributed by atoms with Gasteiger partial charge in [0.1, 0.15) is 12.6 Å². The van der Waals surface area contributed by atoms with Crippen molar-refractivity contribution in [1.29, 1.82) is 0 Å². The lowest BCUT2D eigenvalue weighted by molar-refractivity contribution is -0.151. The molecule has 1 saturated heterocycles. The van der Waals surface area contributed by atoms with Gasteiger partial charge in [-0.3, -0.25) is 4.90 Å². The van der Waals surface area contributed by atoms with Crippen molar-refractivity contribution in [2.24, 2.45) is 0 Å². The van der Waals surface area contributed by atoms with Gasteiger partial charge in [0.25, 0.3) is 0 Å². The SMILES string of the molecule is C=CC[C@H]1[C@H](O)CC[C@@H](C(=O)OC)N1C(=O)OCc1ccccc1. The van der Waals surface area contributed by atoms with E-state index in [1.54, 1.807) is 6.08 Å². The highest BCUT2D eigenvalue weighted by atomic mass is 16.6. The van der Waals surface area contributed by atoms with Crippen LogP contribution in [0.5, 0.6) is 0 Å². The van der Waals surface area contributed by atoms with E-state index >= 15 is 0 Å². The molecule has 1 fully saturated rings. The highest BCUT2D eigenvalue weighted by Crippen LogP contribution is 2.27. The number of aliphatic hydroxyl groups excluding tert-OH is 1. The third kappa shape index (κ3) is 4.14. The van der Waals surface area contributed by atoms with Crippen molar-refractivity contribution in [2.45, 2.75) is 44.1 Å². The van der Waals surface area contributed by atoms with Gasteiger partial charge in [-0.1, -0.05) is 36.4 Å². The number of nitrogens with zero attached hydrogens (tertiary/aromatic N) is 1. The van der Waals surface area contributed by atoms with Gasteiger partial charge >= 0.3 is 12.1 Å². The van der Waals surface area contributed by atoms with E-state index in [0.29, 0.717) is 19.3 Å². The summed E-state index contributed by atoms with van der Waals surface area (Å²) in [5.74, 6) is -0.507. The molecule has 0 aromatic heterocycles. The molecule has 6 nitrogen and oxygen atoms in total. The van der Waals surface area contributed by atoms with E-state index in [4.69, 9.17) is 9.47 Å². The number of carbonyl (C=O) groups is 2. The van der Waals surface area contributed by atoms with Crippen LogP contribution in [0.25, 0.3) is 0 Å². The van der Waals surface area contributed by atoms with Gasteiger partial charge in [-0.15, -0.1) is 6.58 Å². The number of likely N-dealkylation sites (tertiary alicyclic amines) is 1. The Morgan fingerprint density at radius 2 is 2.04 bits per heavy atom. The standard InChI is InChI=1S/C18H23NO5/c1-3-7-14-16(20)11-10-15(17(21)23-2)19(14)18(22)24-12-13-8-5-4-6-9-13/h3-6,8-9,14-16,20H,1,7,10-12H2,2H3/t14-,15-,16+/m0/s1. The Morgan fingerprint density at radius 3 is 2.67 bits per heavy atom. The summed E-state index contributed by atoms with van der Waals surface area (Å²) in [4.78, 5) is 25.9. The van der Waals surface area contributed by atoms with E-state index < -0.39 is 30.3 Å². The number of piperidine rings is 1. The van der Waals surface area contributed by atoms with Crippen LogP contribution in [-0.4, -0.2) is 47.4 Å². The fourth-order valence-corrected chi connectivity index (χ4v) is 2.94. The second-order valence-electron chi connectivity index (χ2n) is 5.72. The second-order valence-corrected chi connectivity index (χ2v) is 5.72. The van der Waals surface area contributed by atoms with E-state index in [-0.39, 0.29) is 6.61 Å². The van der Waals surface area contributed by atoms with Crippen molar-refractivity contribution < 1.29 is 24.2 Å². The minimum Gasteiger partial charge on any atom is -0.467 e. The number of rotatable bonds is 5. The molecule has 2 rings (SSSR count). The van der Waals surface area contributed by atoms with Crippen LogP contribution in [0.15, 0.2) is 43.0 Å². The molecular weight excluding hydrogens is 310 g/mol. The van der Waals surface area contributed by atoms with Gasteiger partial charge in [-0.05, 0) is 24.8 Å². The predicted molar refractivity (Wildman–Crippen MR) is 88.1 cm³/mol. The minimum atomic E-state index is -0.758. The minimum absolute atomic E-state index is 0.0982. The van der Waals surface area contributed by atoms with E-state index in [2.05, 4.69) is 6.58 Å². The quantitative estimate of drug-likeness (QED) is 0.661. The number of esters is 1. The van der Waals surface area contributed by atoms with Gasteiger partial charge < -0.3 is 14.6 Å². The van der Waals surface area contributed by atoms with Crippen molar-refractivity contribution in [3.8, 4) is 0 Å². The van der Waals surface area contributed by atoms with Crippen molar-refractivity contribution in [3.63, 3.8) is 0 Å². The van der Waals surface area contributed by atoms with Gasteiger partial charge in [-0.2, -0.15) is 0 Å². The third-order valence-corrected chi connectivity index (χ3v) is 4.17. The van der Waals surface area contributed by atoms with Crippen LogP contribution in [0, 0.1) is 0 Å². The molecule has 1 aliphatic rings. The van der Waals surface area contributed by atoms with Crippen LogP contribution in [0.1, 0.15) is 24.8 Å². The van der Waals surface area contributed by atoms with Gasteiger partial charge in [-0.25, -0.2) is 9.59 Å². The van der Waals surface area contributed by atoms with Crippen molar-refractivity contribution in [3.05, 3.63) is 48.6 Å². The summed E-state index contributed by atoms with van der Waals surface area (Å²) in [6.45, 7) is 3.76. The lowest BCUT2D eigenvalue weighted by Gasteiger charge is -2.42. The first-order valence-corrected chi connectivity index (χ1v) is 7.94. The predicted octanol–water partition coefficient (Wildman–Crippen LogP) is 2.27. The Labute approximate surface area is 141 Å². The van der Waals surface area contributed by atoms with Crippen LogP contribution in [0.2, 0.25) is 0 Å². The number of methoxy groups -OCH3 is 1. The third-order valence-electron chi connectivity index (χ3n) is 4.17. The maximum absolute atomic E-state index is 12.6. The summed E-state index contributed by atoms with van der Waals surface area (Å²) in [5.41, 5.74) is 0.846. The summed E-state index contributed by atoms with van der Waals surface area (Å²) in [7, 11) is 1.28. The molecule has 24 heavy (non-hydrogen) atoms. The van der Waals surface area contributed by atoms with Crippen LogP contribution in [0.4, 0.5) is 4.79 Å². The molecule has 1 amide bonds. The zero-order valence-corrected chi connectivity index (χ0v) is 13.8. The molecular formula is C18H23NO5. The van der Waals surface area contributed by atoms with Crippen LogP contribution >= 0.6 is 0 Å². The van der Waals surface area contributed by atoms with Crippen molar-refractivity contribution in [1.82, 2.24) is 4.90 Å². The smallest absolute Gasteiger partial charge is 0.411 e. The Bertz CT molecular complexity index is 574. The molecule has 1 N–H and O–H groups in total. The number of amides is 1. The topological polar surface area (TPSA) is 76.1 Å². The summed E-state index contributed by atoms with van der Waals surface area (Å²) in [6, 6.07) is 7.96. The van der Waals surface area contributed by atoms with Crippen molar-refractivity contribution >= 4 is 12.1 Å². The largest absolute Gasteiger partial charge is 0.467 e. The molecule has 1 aromatic rings. The molecule has 3 atom stereocenters. The van der Waals surface area contributed by atoms with Crippen molar-refractivity contribution in [2.75, 3.05) is 7.11 Å². The molecule has 0 unspecified atom stereocenters. The van der Waals surface area contributed by atoms with E-state index in [9.17, 15) is 14.7 Å². The number of carbonyl (C=O) groups excluding carboxylic acids is 2. The highest BCUT2D eigenvalue weighted by molar-refractivity contribution is 5.82. The zero-order chi connectivity index (χ0) is 17.5. The molecule has 130 valence electrons. The molecule has 6 heteroatoms. The maximum Gasteiger partial charge on any atom is 0.411 e. The number of ether oxygens (including phenoxy) is 2. The van der Waals surface area contributed by atoms with Gasteiger partial charge in [0, 0.05) is 0 Å². The first-order valence-electron chi connectivity index (χ1n) is 7.94. The number of aliphatic hydroxyl groups is 1. The van der Waals surface area contributed by atoms with E-state index in [0.717, 1.165) is 5.56 Å². The Kier molecular flexibility index (Phi) is 6.37. The lowest BCUT2D eigenvalue weighted by Crippen LogP contribution is -2.58. The highest BCUT2D eigenvalue weighted by Gasteiger charge is 2.43. The molecule has 0 aliphatic carbocycles. The van der Waals surface area contributed by atoms with Crippen LogP contribution in [-0.2, 0) is 20.9 Å². The zero-order valence-electron chi connectivity index (χ0n) is 13.8. The molecule has 0 spiro atoms. The van der Waals surface area contributed by atoms with Gasteiger partial charge in [0.05, 0.1) is 19.3 Å². The summed E-state index contributed by atoms with van der Waals surface area (Å²) in [5, 5.41) is 10.2. The summed E-state index contributed by atoms with van der Waals surface area (Å²) in [6.07, 6.45) is 1.37. The number of hydrogen-bond donors (Lipinski definition) is 1. The normalized spacial score (nSPS) is 23.4. The van der Waals surface area contributed by atoms with Gasteiger partial charge in [0.2, 0.25) is 0 Å². The van der Waals surface area contributed by atoms with Gasteiger partial charge in [0.15, 0.2) is 0 Å². The number of hydrogen-bond acceptors (Lipinski definition) is 5. The van der Waals surface area contributed by atoms with E-state index in [1.807, 2.05) is 30.3 Å².